The maximum atomic E-state index is 16.0. The number of benzene rings is 1. The van der Waals surface area contributed by atoms with Gasteiger partial charge in [0.1, 0.15) is 28.8 Å². The Balaban J connectivity index is 1.62. The average molecular weight is 633 g/mol. The van der Waals surface area contributed by atoms with Crippen molar-refractivity contribution in [2.24, 2.45) is 0 Å². The molecule has 1 aliphatic heterocycles. The fraction of sp³-hybridized carbons (Fsp3) is 0.333. The number of carbonyl (C=O) groups is 1. The molecule has 1 aromatic carbocycles. The fourth-order valence-corrected chi connectivity index (χ4v) is 6.72. The van der Waals surface area contributed by atoms with Crippen LogP contribution in [0.5, 0.6) is 5.75 Å². The van der Waals surface area contributed by atoms with Crippen molar-refractivity contribution < 1.29 is 23.4 Å². The van der Waals surface area contributed by atoms with Crippen LogP contribution in [0.4, 0.5) is 8.78 Å². The molecule has 0 bridgehead atoms. The normalized spacial score (nSPS) is 15.1. The van der Waals surface area contributed by atoms with Gasteiger partial charge in [-0.15, -0.1) is 11.3 Å². The zero-order valence-electron chi connectivity index (χ0n) is 25.7. The molecule has 6 rings (SSSR count). The lowest BCUT2D eigenvalue weighted by atomic mass is 9.97. The summed E-state index contributed by atoms with van der Waals surface area (Å²) in [4.78, 5) is 19.3. The lowest BCUT2D eigenvalue weighted by molar-refractivity contribution is -0.127. The number of fused-ring (bicyclic) bond motifs is 2. The van der Waals surface area contributed by atoms with Gasteiger partial charge < -0.3 is 14.7 Å². The summed E-state index contributed by atoms with van der Waals surface area (Å²) in [7, 11) is 0. The van der Waals surface area contributed by atoms with Gasteiger partial charge >= 0.3 is 0 Å². The van der Waals surface area contributed by atoms with E-state index in [0.29, 0.717) is 46.0 Å². The number of ether oxygens (including phenoxy) is 1. The molecule has 0 saturated carbocycles. The van der Waals surface area contributed by atoms with Gasteiger partial charge in [-0.05, 0) is 58.2 Å². The third-order valence-corrected chi connectivity index (χ3v) is 8.42. The van der Waals surface area contributed by atoms with E-state index in [0.717, 1.165) is 17.1 Å². The van der Waals surface area contributed by atoms with Crippen LogP contribution in [-0.2, 0) is 17.9 Å². The number of thiophene rings is 1. The number of aliphatic hydroxyl groups is 1. The molecule has 0 fully saturated rings. The van der Waals surface area contributed by atoms with E-state index in [4.69, 9.17) is 14.8 Å². The molecule has 1 aliphatic rings. The van der Waals surface area contributed by atoms with Crippen LogP contribution in [-0.4, -0.2) is 58.7 Å². The highest BCUT2D eigenvalue weighted by Gasteiger charge is 2.30. The van der Waals surface area contributed by atoms with E-state index < -0.39 is 17.2 Å². The molecular weight excluding hydrogens is 598 g/mol. The molecule has 4 aromatic heterocycles. The van der Waals surface area contributed by atoms with E-state index in [-0.39, 0.29) is 35.9 Å². The summed E-state index contributed by atoms with van der Waals surface area (Å²) in [6, 6.07) is 5.67. The van der Waals surface area contributed by atoms with Crippen LogP contribution < -0.4 is 4.74 Å². The first kappa shape index (κ1) is 30.6. The summed E-state index contributed by atoms with van der Waals surface area (Å²) in [5.41, 5.74) is 2.48. The van der Waals surface area contributed by atoms with E-state index >= 15 is 4.39 Å². The van der Waals surface area contributed by atoms with E-state index in [9.17, 15) is 14.3 Å². The Morgan fingerprint density at radius 2 is 2.02 bits per heavy atom. The predicted octanol–water partition coefficient (Wildman–Crippen LogP) is 6.62. The maximum absolute atomic E-state index is 16.0. The van der Waals surface area contributed by atoms with Crippen molar-refractivity contribution in [3.8, 4) is 39.5 Å². The van der Waals surface area contributed by atoms with Crippen molar-refractivity contribution in [2.75, 3.05) is 6.54 Å². The Morgan fingerprint density at radius 1 is 1.24 bits per heavy atom. The molecule has 0 aliphatic carbocycles. The van der Waals surface area contributed by atoms with E-state index in [1.165, 1.54) is 23.5 Å². The van der Waals surface area contributed by atoms with Crippen LogP contribution in [0.25, 0.3) is 43.9 Å². The van der Waals surface area contributed by atoms with Crippen LogP contribution >= 0.6 is 11.3 Å². The number of halogens is 2. The molecule has 0 saturated heterocycles. The number of nitrogens with zero attached hydrogens (tertiary/aromatic N) is 6. The van der Waals surface area contributed by atoms with Gasteiger partial charge in [-0.2, -0.15) is 10.2 Å². The topological polar surface area (TPSA) is 98.3 Å². The summed E-state index contributed by atoms with van der Waals surface area (Å²) in [5, 5.41) is 22.4. The summed E-state index contributed by atoms with van der Waals surface area (Å²) < 4.78 is 40.7. The second kappa shape index (κ2) is 11.5. The predicted molar refractivity (Wildman–Crippen MR) is 170 cm³/mol. The first-order chi connectivity index (χ1) is 21.3. The summed E-state index contributed by atoms with van der Waals surface area (Å²) in [5.74, 6) is -1.65. The molecule has 45 heavy (non-hydrogen) atoms. The van der Waals surface area contributed by atoms with Crippen LogP contribution in [0, 0.1) is 11.6 Å². The van der Waals surface area contributed by atoms with Crippen LogP contribution in [0.3, 0.4) is 0 Å². The van der Waals surface area contributed by atoms with Crippen LogP contribution in [0.15, 0.2) is 54.7 Å². The first-order valence-corrected chi connectivity index (χ1v) is 15.5. The summed E-state index contributed by atoms with van der Waals surface area (Å²) >= 11 is 1.40. The third-order valence-electron chi connectivity index (χ3n) is 7.49. The largest absolute Gasteiger partial charge is 0.490 e. The van der Waals surface area contributed by atoms with Gasteiger partial charge in [-0.3, -0.25) is 14.2 Å². The second-order valence-corrected chi connectivity index (χ2v) is 13.2. The molecule has 12 heteroatoms. The summed E-state index contributed by atoms with van der Waals surface area (Å²) in [6.07, 6.45) is 4.43. The van der Waals surface area contributed by atoms with E-state index in [1.54, 1.807) is 43.5 Å². The summed E-state index contributed by atoms with van der Waals surface area (Å²) in [6.45, 7) is 13.6. The Labute approximate surface area is 263 Å². The molecular formula is C33H34F2N6O3S. The van der Waals surface area contributed by atoms with Gasteiger partial charge in [0.2, 0.25) is 5.91 Å². The number of hydrogen-bond donors (Lipinski definition) is 1. The Hall–Kier alpha value is -4.42. The standard InChI is InChI=1S/C33H34F2N6O3S/c1-7-27(42)39-14-19(4)41-22(16-39)12-25(38-41)31-29(28-24(35)10-21(34)11-26(28)44-18(2)3)32-23(8-9-45-32)30(37-31)20-13-36-40(15-20)17-33(5,6)43/h7-13,15,18-19,43H,1,14,16-17H2,2-6H3. The third kappa shape index (κ3) is 5.87. The smallest absolute Gasteiger partial charge is 0.246 e. The SMILES string of the molecule is C=CC(=O)N1Cc2cc(-c3nc(-c4cnn(CC(C)(C)O)c4)c4ccsc4c3-c3c(F)cc(F)cc3OC(C)C)nn2C(C)C1. The number of carbonyl (C=O) groups excluding carboxylic acids is 1. The van der Waals surface area contributed by atoms with Gasteiger partial charge in [-0.1, -0.05) is 6.58 Å². The van der Waals surface area contributed by atoms with Crippen molar-refractivity contribution in [2.45, 2.75) is 65.5 Å². The fourth-order valence-electron chi connectivity index (χ4n) is 5.77. The maximum Gasteiger partial charge on any atom is 0.246 e. The second-order valence-electron chi connectivity index (χ2n) is 12.3. The Bertz CT molecular complexity index is 1940. The zero-order chi connectivity index (χ0) is 32.2. The highest BCUT2D eigenvalue weighted by Crippen LogP contribution is 2.47. The molecule has 1 atom stereocenters. The van der Waals surface area contributed by atoms with Gasteiger partial charge in [0.15, 0.2) is 0 Å². The van der Waals surface area contributed by atoms with Gasteiger partial charge in [0.25, 0.3) is 0 Å². The minimum atomic E-state index is -0.983. The first-order valence-electron chi connectivity index (χ1n) is 14.7. The lowest BCUT2D eigenvalue weighted by Crippen LogP contribution is -2.39. The highest BCUT2D eigenvalue weighted by atomic mass is 32.1. The number of aromatic nitrogens is 5. The van der Waals surface area contributed by atoms with Crippen molar-refractivity contribution in [1.82, 2.24) is 29.4 Å². The Morgan fingerprint density at radius 3 is 2.73 bits per heavy atom. The number of hydrogen-bond acceptors (Lipinski definition) is 7. The minimum Gasteiger partial charge on any atom is -0.490 e. The highest BCUT2D eigenvalue weighted by molar-refractivity contribution is 7.18. The molecule has 5 heterocycles. The molecule has 9 nitrogen and oxygen atoms in total. The van der Waals surface area contributed by atoms with Crippen LogP contribution in [0.1, 0.15) is 46.4 Å². The van der Waals surface area contributed by atoms with Gasteiger partial charge in [0, 0.05) is 46.1 Å². The van der Waals surface area contributed by atoms with Crippen molar-refractivity contribution in [3.05, 3.63) is 72.0 Å². The molecule has 1 amide bonds. The minimum absolute atomic E-state index is 0.0612. The monoisotopic (exact) mass is 632 g/mol. The Kier molecular flexibility index (Phi) is 7.82. The van der Waals surface area contributed by atoms with Gasteiger partial charge in [-0.25, -0.2) is 13.8 Å². The molecule has 0 radical (unpaired) electrons. The lowest BCUT2D eigenvalue weighted by Gasteiger charge is -2.31. The quantitative estimate of drug-likeness (QED) is 0.193. The molecule has 234 valence electrons. The van der Waals surface area contributed by atoms with Crippen LogP contribution in [0.2, 0.25) is 0 Å². The zero-order valence-corrected chi connectivity index (χ0v) is 26.5. The molecule has 1 N–H and O–H groups in total. The number of amides is 1. The molecule has 1 unspecified atom stereocenters. The van der Waals surface area contributed by atoms with E-state index in [2.05, 4.69) is 11.7 Å². The molecule has 0 spiro atoms. The van der Waals surface area contributed by atoms with Gasteiger partial charge in [0.05, 0.1) is 54.0 Å². The van der Waals surface area contributed by atoms with Crippen molar-refractivity contribution in [1.29, 1.82) is 0 Å². The molecule has 5 aromatic rings. The van der Waals surface area contributed by atoms with Crippen molar-refractivity contribution in [3.63, 3.8) is 0 Å². The average Bonchev–Trinajstić information content (AvgIpc) is 3.71. The number of pyridine rings is 1. The number of rotatable bonds is 8. The van der Waals surface area contributed by atoms with E-state index in [1.807, 2.05) is 35.3 Å². The van der Waals surface area contributed by atoms with Crippen molar-refractivity contribution >= 4 is 27.3 Å².